The molecule has 1 atom stereocenters. The van der Waals surface area contributed by atoms with Gasteiger partial charge in [0.15, 0.2) is 0 Å². The number of amides is 1. The summed E-state index contributed by atoms with van der Waals surface area (Å²) in [7, 11) is 0. The summed E-state index contributed by atoms with van der Waals surface area (Å²) < 4.78 is 0. The molecule has 1 amide bonds. The van der Waals surface area contributed by atoms with Gasteiger partial charge in [-0.2, -0.15) is 0 Å². The van der Waals surface area contributed by atoms with Gasteiger partial charge < -0.3 is 9.88 Å². The molecule has 1 N–H and O–H groups in total. The number of benzene rings is 1. The van der Waals surface area contributed by atoms with Crippen molar-refractivity contribution in [3.8, 4) is 0 Å². The standard InChI is InChI=1S/C15H16N2O/c1-15-8-6-13(18)17(15)9-7-11-10-4-2-3-5-12(10)16-14(11)15/h2-5,16H,6-9H2,1H3. The molecule has 3 nitrogen and oxygen atoms in total. The van der Waals surface area contributed by atoms with Crippen molar-refractivity contribution in [2.45, 2.75) is 31.7 Å². The van der Waals surface area contributed by atoms with Gasteiger partial charge in [-0.1, -0.05) is 18.2 Å². The number of H-pyrrole nitrogens is 1. The SMILES string of the molecule is CC12CCC(=O)N1CCc1c2[nH]c2ccccc12. The van der Waals surface area contributed by atoms with E-state index in [1.165, 1.54) is 22.2 Å². The number of carbonyl (C=O) groups excluding carboxylic acids is 1. The van der Waals surface area contributed by atoms with Crippen LogP contribution in [0.4, 0.5) is 0 Å². The zero-order chi connectivity index (χ0) is 12.3. The minimum absolute atomic E-state index is 0.107. The summed E-state index contributed by atoms with van der Waals surface area (Å²) in [6, 6.07) is 8.45. The first kappa shape index (κ1) is 10.2. The Kier molecular flexibility index (Phi) is 1.79. The molecule has 4 rings (SSSR count). The van der Waals surface area contributed by atoms with Crippen molar-refractivity contribution in [2.24, 2.45) is 0 Å². The van der Waals surface area contributed by atoms with Crippen molar-refractivity contribution < 1.29 is 4.79 Å². The first-order valence-electron chi connectivity index (χ1n) is 6.61. The van der Waals surface area contributed by atoms with E-state index in [-0.39, 0.29) is 5.54 Å². The Morgan fingerprint density at radius 1 is 1.28 bits per heavy atom. The smallest absolute Gasteiger partial charge is 0.223 e. The van der Waals surface area contributed by atoms with Gasteiger partial charge in [0.1, 0.15) is 0 Å². The lowest BCUT2D eigenvalue weighted by atomic mass is 9.86. The first-order valence-corrected chi connectivity index (χ1v) is 6.61. The fourth-order valence-corrected chi connectivity index (χ4v) is 3.67. The van der Waals surface area contributed by atoms with Gasteiger partial charge in [-0.3, -0.25) is 4.79 Å². The van der Waals surface area contributed by atoms with Gasteiger partial charge >= 0.3 is 0 Å². The molecule has 3 heteroatoms. The summed E-state index contributed by atoms with van der Waals surface area (Å²) in [5, 5.41) is 1.33. The first-order chi connectivity index (χ1) is 8.70. The average Bonchev–Trinajstić information content (AvgIpc) is 2.89. The van der Waals surface area contributed by atoms with Crippen LogP contribution < -0.4 is 0 Å². The van der Waals surface area contributed by atoms with E-state index in [1.807, 2.05) is 0 Å². The molecule has 0 spiro atoms. The molecule has 18 heavy (non-hydrogen) atoms. The van der Waals surface area contributed by atoms with E-state index in [0.29, 0.717) is 12.3 Å². The Morgan fingerprint density at radius 2 is 2.11 bits per heavy atom. The highest BCUT2D eigenvalue weighted by Gasteiger charge is 2.47. The second kappa shape index (κ2) is 3.16. The molecule has 0 saturated carbocycles. The van der Waals surface area contributed by atoms with Gasteiger partial charge in [-0.05, 0) is 31.4 Å². The fraction of sp³-hybridized carbons (Fsp3) is 0.400. The Balaban J connectivity index is 2.00. The molecule has 2 aromatic rings. The van der Waals surface area contributed by atoms with E-state index in [0.717, 1.165) is 19.4 Å². The van der Waals surface area contributed by atoms with Crippen molar-refractivity contribution in [3.63, 3.8) is 0 Å². The van der Waals surface area contributed by atoms with Gasteiger partial charge in [-0.15, -0.1) is 0 Å². The van der Waals surface area contributed by atoms with Crippen LogP contribution in [0.5, 0.6) is 0 Å². The summed E-state index contributed by atoms with van der Waals surface area (Å²) in [6.45, 7) is 3.06. The summed E-state index contributed by atoms with van der Waals surface area (Å²) in [6.07, 6.45) is 2.59. The van der Waals surface area contributed by atoms with Crippen LogP contribution >= 0.6 is 0 Å². The summed E-state index contributed by atoms with van der Waals surface area (Å²) in [4.78, 5) is 17.6. The van der Waals surface area contributed by atoms with E-state index >= 15 is 0 Å². The van der Waals surface area contributed by atoms with Crippen LogP contribution in [0.15, 0.2) is 24.3 Å². The lowest BCUT2D eigenvalue weighted by Crippen LogP contribution is -2.46. The third kappa shape index (κ3) is 1.07. The molecule has 1 aromatic heterocycles. The number of rotatable bonds is 0. The number of fused-ring (bicyclic) bond motifs is 5. The molecule has 0 aliphatic carbocycles. The predicted octanol–water partition coefficient (Wildman–Crippen LogP) is 2.56. The maximum absolute atomic E-state index is 12.0. The van der Waals surface area contributed by atoms with E-state index in [2.05, 4.69) is 41.1 Å². The minimum atomic E-state index is -0.107. The van der Waals surface area contributed by atoms with Crippen molar-refractivity contribution in [3.05, 3.63) is 35.5 Å². The maximum atomic E-state index is 12.0. The zero-order valence-corrected chi connectivity index (χ0v) is 10.5. The Hall–Kier alpha value is -1.77. The molecular formula is C15H16N2O. The summed E-state index contributed by atoms with van der Waals surface area (Å²) in [5.74, 6) is 0.307. The second-order valence-electron chi connectivity index (χ2n) is 5.59. The molecule has 92 valence electrons. The van der Waals surface area contributed by atoms with Crippen LogP contribution in [0, 0.1) is 0 Å². The Bertz CT molecular complexity index is 658. The lowest BCUT2D eigenvalue weighted by Gasteiger charge is -2.39. The molecule has 1 saturated heterocycles. The highest BCUT2D eigenvalue weighted by molar-refractivity contribution is 5.87. The van der Waals surface area contributed by atoms with Crippen molar-refractivity contribution in [1.82, 2.24) is 9.88 Å². The topological polar surface area (TPSA) is 36.1 Å². The van der Waals surface area contributed by atoms with Crippen molar-refractivity contribution in [1.29, 1.82) is 0 Å². The van der Waals surface area contributed by atoms with Crippen LogP contribution in [0.1, 0.15) is 31.0 Å². The molecular weight excluding hydrogens is 224 g/mol. The van der Waals surface area contributed by atoms with E-state index in [1.54, 1.807) is 0 Å². The van der Waals surface area contributed by atoms with Crippen LogP contribution in [-0.2, 0) is 16.8 Å². The maximum Gasteiger partial charge on any atom is 0.223 e. The largest absolute Gasteiger partial charge is 0.356 e. The number of hydrogen-bond donors (Lipinski definition) is 1. The fourth-order valence-electron chi connectivity index (χ4n) is 3.67. The Morgan fingerprint density at radius 3 is 3.00 bits per heavy atom. The highest BCUT2D eigenvalue weighted by Crippen LogP contribution is 2.45. The number of hydrogen-bond acceptors (Lipinski definition) is 1. The third-order valence-electron chi connectivity index (χ3n) is 4.66. The number of para-hydroxylation sites is 1. The highest BCUT2D eigenvalue weighted by atomic mass is 16.2. The number of aromatic nitrogens is 1. The third-order valence-corrected chi connectivity index (χ3v) is 4.66. The van der Waals surface area contributed by atoms with Crippen molar-refractivity contribution in [2.75, 3.05) is 6.54 Å². The molecule has 2 aliphatic heterocycles. The summed E-state index contributed by atoms with van der Waals surface area (Å²) in [5.41, 5.74) is 3.77. The average molecular weight is 240 g/mol. The molecule has 1 fully saturated rings. The number of aromatic amines is 1. The van der Waals surface area contributed by atoms with Crippen molar-refractivity contribution >= 4 is 16.8 Å². The predicted molar refractivity (Wildman–Crippen MR) is 70.3 cm³/mol. The molecule has 3 heterocycles. The van der Waals surface area contributed by atoms with Crippen LogP contribution in [0.2, 0.25) is 0 Å². The van der Waals surface area contributed by atoms with Crippen LogP contribution in [-0.4, -0.2) is 22.3 Å². The monoisotopic (exact) mass is 240 g/mol. The quantitative estimate of drug-likeness (QED) is 0.754. The summed E-state index contributed by atoms with van der Waals surface area (Å²) >= 11 is 0. The molecule has 0 bridgehead atoms. The number of carbonyl (C=O) groups is 1. The molecule has 2 aliphatic rings. The second-order valence-corrected chi connectivity index (χ2v) is 5.59. The van der Waals surface area contributed by atoms with Crippen LogP contribution in [0.25, 0.3) is 10.9 Å². The van der Waals surface area contributed by atoms with E-state index < -0.39 is 0 Å². The number of nitrogens with one attached hydrogen (secondary N) is 1. The van der Waals surface area contributed by atoms with E-state index in [9.17, 15) is 4.79 Å². The molecule has 0 radical (unpaired) electrons. The lowest BCUT2D eigenvalue weighted by molar-refractivity contribution is -0.131. The number of nitrogens with zero attached hydrogens (tertiary/aromatic N) is 1. The normalized spacial score (nSPS) is 26.5. The molecule has 1 aromatic carbocycles. The minimum Gasteiger partial charge on any atom is -0.356 e. The van der Waals surface area contributed by atoms with E-state index in [4.69, 9.17) is 0 Å². The Labute approximate surface area is 106 Å². The van der Waals surface area contributed by atoms with Gasteiger partial charge in [0.05, 0.1) is 5.54 Å². The zero-order valence-electron chi connectivity index (χ0n) is 10.5. The van der Waals surface area contributed by atoms with Crippen LogP contribution in [0.3, 0.4) is 0 Å². The molecule has 1 unspecified atom stereocenters. The van der Waals surface area contributed by atoms with Gasteiger partial charge in [-0.25, -0.2) is 0 Å². The van der Waals surface area contributed by atoms with Gasteiger partial charge in [0, 0.05) is 29.6 Å². The van der Waals surface area contributed by atoms with Gasteiger partial charge in [0.25, 0.3) is 0 Å². The van der Waals surface area contributed by atoms with Gasteiger partial charge in [0.2, 0.25) is 5.91 Å².